The monoisotopic (exact) mass is 246 g/mol. The molecule has 98 valence electrons. The highest BCUT2D eigenvalue weighted by Crippen LogP contribution is 2.31. The summed E-state index contributed by atoms with van der Waals surface area (Å²) < 4.78 is 22.2. The first-order valence-electron chi connectivity index (χ1n) is 5.95. The average Bonchev–Trinajstić information content (AvgIpc) is 2.26. The van der Waals surface area contributed by atoms with E-state index in [4.69, 9.17) is 4.74 Å². The van der Waals surface area contributed by atoms with Crippen LogP contribution < -0.4 is 0 Å². The fourth-order valence-corrected chi connectivity index (χ4v) is 1.95. The highest BCUT2D eigenvalue weighted by atomic mass is 19.1. The molecule has 0 aromatic rings. The van der Waals surface area contributed by atoms with Crippen molar-refractivity contribution in [3.63, 3.8) is 0 Å². The zero-order chi connectivity index (χ0) is 12.9. The molecule has 0 heterocycles. The summed E-state index contributed by atoms with van der Waals surface area (Å²) in [5.41, 5.74) is -0.455. The van der Waals surface area contributed by atoms with Crippen LogP contribution in [0.3, 0.4) is 0 Å². The number of carbonyl (C=O) groups excluding carboxylic acids is 2. The van der Waals surface area contributed by atoms with Gasteiger partial charge in [0.1, 0.15) is 5.60 Å². The molecule has 0 amide bonds. The quantitative estimate of drug-likeness (QED) is 0.713. The van der Waals surface area contributed by atoms with Crippen LogP contribution in [-0.2, 0) is 19.1 Å². The molecule has 1 atom stereocenters. The number of esters is 2. The molecule has 0 spiro atoms. The first-order chi connectivity index (χ1) is 7.93. The number of ether oxygens (including phenoxy) is 2. The summed E-state index contributed by atoms with van der Waals surface area (Å²) in [5.74, 6) is -1.64. The Morgan fingerprint density at radius 2 is 1.88 bits per heavy atom. The van der Waals surface area contributed by atoms with E-state index < -0.39 is 30.3 Å². The molecular formula is C12H19FO4. The lowest BCUT2D eigenvalue weighted by atomic mass is 9.86. The Kier molecular flexibility index (Phi) is 4.90. The predicted molar refractivity (Wildman–Crippen MR) is 59.1 cm³/mol. The lowest BCUT2D eigenvalue weighted by Gasteiger charge is -2.33. The third-order valence-electron chi connectivity index (χ3n) is 2.93. The first kappa shape index (κ1) is 13.9. The van der Waals surface area contributed by atoms with Gasteiger partial charge in [-0.3, -0.25) is 0 Å². The van der Waals surface area contributed by atoms with E-state index in [2.05, 4.69) is 4.74 Å². The van der Waals surface area contributed by atoms with Crippen LogP contribution in [0.5, 0.6) is 0 Å². The van der Waals surface area contributed by atoms with Crippen LogP contribution in [0.1, 0.15) is 46.0 Å². The minimum absolute atomic E-state index is 0.455. The summed E-state index contributed by atoms with van der Waals surface area (Å²) in [6, 6.07) is 0. The maximum Gasteiger partial charge on any atom is 0.344 e. The third-order valence-corrected chi connectivity index (χ3v) is 2.93. The van der Waals surface area contributed by atoms with Gasteiger partial charge in [0.2, 0.25) is 0 Å². The summed E-state index contributed by atoms with van der Waals surface area (Å²) in [4.78, 5) is 22.2. The number of alkyl halides is 1. The van der Waals surface area contributed by atoms with Crippen LogP contribution in [0.15, 0.2) is 0 Å². The van der Waals surface area contributed by atoms with Gasteiger partial charge in [-0.05, 0) is 39.5 Å². The van der Waals surface area contributed by atoms with Gasteiger partial charge < -0.3 is 9.47 Å². The molecule has 1 rings (SSSR count). The molecule has 5 heteroatoms. The lowest BCUT2D eigenvalue weighted by molar-refractivity contribution is -0.172. The molecule has 17 heavy (non-hydrogen) atoms. The van der Waals surface area contributed by atoms with Crippen molar-refractivity contribution in [2.24, 2.45) is 0 Å². The van der Waals surface area contributed by atoms with Crippen molar-refractivity contribution in [1.29, 1.82) is 0 Å². The van der Waals surface area contributed by atoms with Crippen molar-refractivity contribution in [1.82, 2.24) is 0 Å². The molecule has 0 aliphatic heterocycles. The number of halogens is 1. The molecule has 1 fully saturated rings. The SMILES string of the molecule is CC(F)C(=O)OCC(=O)OC1(C)CCCCC1. The van der Waals surface area contributed by atoms with Gasteiger partial charge >= 0.3 is 11.9 Å². The number of hydrogen-bond donors (Lipinski definition) is 0. The van der Waals surface area contributed by atoms with E-state index in [1.54, 1.807) is 0 Å². The van der Waals surface area contributed by atoms with E-state index in [0.717, 1.165) is 39.0 Å². The van der Waals surface area contributed by atoms with Gasteiger partial charge in [-0.15, -0.1) is 0 Å². The maximum atomic E-state index is 12.5. The average molecular weight is 246 g/mol. The lowest BCUT2D eigenvalue weighted by Crippen LogP contribution is -2.35. The van der Waals surface area contributed by atoms with Crippen molar-refractivity contribution < 1.29 is 23.5 Å². The van der Waals surface area contributed by atoms with E-state index >= 15 is 0 Å². The van der Waals surface area contributed by atoms with Crippen LogP contribution in [0.4, 0.5) is 4.39 Å². The van der Waals surface area contributed by atoms with E-state index in [-0.39, 0.29) is 0 Å². The van der Waals surface area contributed by atoms with Gasteiger partial charge in [0.15, 0.2) is 12.8 Å². The van der Waals surface area contributed by atoms with Gasteiger partial charge in [0.05, 0.1) is 0 Å². The zero-order valence-corrected chi connectivity index (χ0v) is 10.3. The molecule has 0 saturated heterocycles. The smallest absolute Gasteiger partial charge is 0.344 e. The van der Waals surface area contributed by atoms with Gasteiger partial charge in [-0.1, -0.05) is 6.42 Å². The van der Waals surface area contributed by atoms with Crippen LogP contribution in [0, 0.1) is 0 Å². The molecule has 0 bridgehead atoms. The Hall–Kier alpha value is -1.13. The second kappa shape index (κ2) is 5.98. The molecule has 0 aromatic carbocycles. The minimum atomic E-state index is -1.71. The largest absolute Gasteiger partial charge is 0.457 e. The van der Waals surface area contributed by atoms with E-state index in [1.807, 2.05) is 6.92 Å². The van der Waals surface area contributed by atoms with Crippen LogP contribution in [0.2, 0.25) is 0 Å². The van der Waals surface area contributed by atoms with E-state index in [0.29, 0.717) is 0 Å². The molecule has 1 unspecified atom stereocenters. The van der Waals surface area contributed by atoms with Crippen LogP contribution >= 0.6 is 0 Å². The number of rotatable bonds is 4. The van der Waals surface area contributed by atoms with Crippen molar-refractivity contribution in [2.45, 2.75) is 57.7 Å². The first-order valence-corrected chi connectivity index (χ1v) is 5.95. The Morgan fingerprint density at radius 3 is 2.41 bits per heavy atom. The van der Waals surface area contributed by atoms with E-state index in [1.165, 1.54) is 0 Å². The van der Waals surface area contributed by atoms with Crippen LogP contribution in [-0.4, -0.2) is 30.3 Å². The highest BCUT2D eigenvalue weighted by Gasteiger charge is 2.31. The topological polar surface area (TPSA) is 52.6 Å². The standard InChI is InChI=1S/C12H19FO4/c1-9(13)11(15)16-8-10(14)17-12(2)6-4-3-5-7-12/h9H,3-8H2,1-2H3. The Labute approximate surface area is 100 Å². The fourth-order valence-electron chi connectivity index (χ4n) is 1.95. The zero-order valence-electron chi connectivity index (χ0n) is 10.3. The molecule has 1 saturated carbocycles. The van der Waals surface area contributed by atoms with Gasteiger partial charge in [0, 0.05) is 0 Å². The molecule has 4 nitrogen and oxygen atoms in total. The summed E-state index contributed by atoms with van der Waals surface area (Å²) >= 11 is 0. The fraction of sp³-hybridized carbons (Fsp3) is 0.833. The van der Waals surface area contributed by atoms with Crippen molar-refractivity contribution in [3.8, 4) is 0 Å². The molecular weight excluding hydrogens is 227 g/mol. The van der Waals surface area contributed by atoms with Crippen molar-refractivity contribution in [3.05, 3.63) is 0 Å². The number of carbonyl (C=O) groups is 2. The van der Waals surface area contributed by atoms with Gasteiger partial charge in [-0.25, -0.2) is 14.0 Å². The summed E-state index contributed by atoms with van der Waals surface area (Å²) in [6.07, 6.45) is 3.16. The Morgan fingerprint density at radius 1 is 1.29 bits per heavy atom. The summed E-state index contributed by atoms with van der Waals surface area (Å²) in [6.45, 7) is 2.43. The summed E-state index contributed by atoms with van der Waals surface area (Å²) in [5, 5.41) is 0. The second-order valence-corrected chi connectivity index (χ2v) is 4.71. The molecule has 1 aliphatic rings. The van der Waals surface area contributed by atoms with Crippen LogP contribution in [0.25, 0.3) is 0 Å². The molecule has 0 radical (unpaired) electrons. The normalized spacial score (nSPS) is 20.4. The molecule has 0 N–H and O–H groups in total. The highest BCUT2D eigenvalue weighted by molar-refractivity contribution is 5.78. The molecule has 0 aromatic heterocycles. The summed E-state index contributed by atoms with van der Waals surface area (Å²) in [7, 11) is 0. The van der Waals surface area contributed by atoms with E-state index in [9.17, 15) is 14.0 Å². The Balaban J connectivity index is 2.31. The number of hydrogen-bond acceptors (Lipinski definition) is 4. The Bertz CT molecular complexity index is 282. The maximum absolute atomic E-state index is 12.5. The molecule has 1 aliphatic carbocycles. The predicted octanol–water partition coefficient (Wildman–Crippen LogP) is 2.15. The van der Waals surface area contributed by atoms with Gasteiger partial charge in [0.25, 0.3) is 0 Å². The van der Waals surface area contributed by atoms with Crippen molar-refractivity contribution in [2.75, 3.05) is 6.61 Å². The minimum Gasteiger partial charge on any atom is -0.457 e. The van der Waals surface area contributed by atoms with Gasteiger partial charge in [-0.2, -0.15) is 0 Å². The third kappa shape index (κ3) is 4.71. The second-order valence-electron chi connectivity index (χ2n) is 4.71. The van der Waals surface area contributed by atoms with Crippen molar-refractivity contribution >= 4 is 11.9 Å².